The minimum atomic E-state index is -0.0358. The summed E-state index contributed by atoms with van der Waals surface area (Å²) in [6, 6.07) is 7.84. The molecule has 0 bridgehead atoms. The molecule has 6 nitrogen and oxygen atoms in total. The highest BCUT2D eigenvalue weighted by Gasteiger charge is 2.31. The van der Waals surface area contributed by atoms with E-state index in [2.05, 4.69) is 22.9 Å². The number of nitrogens with one attached hydrogen (secondary N) is 3. The number of nitrogens with zero attached hydrogens (tertiary/aromatic N) is 1. The number of amides is 1. The van der Waals surface area contributed by atoms with Gasteiger partial charge in [-0.2, -0.15) is 0 Å². The fourth-order valence-corrected chi connectivity index (χ4v) is 3.82. The maximum absolute atomic E-state index is 11.8. The Morgan fingerprint density at radius 2 is 1.80 bits per heavy atom. The van der Waals surface area contributed by atoms with E-state index in [4.69, 9.17) is 4.99 Å². The molecule has 0 aliphatic heterocycles. The van der Waals surface area contributed by atoms with Crippen molar-refractivity contribution in [3.8, 4) is 0 Å². The van der Waals surface area contributed by atoms with Gasteiger partial charge in [-0.15, -0.1) is 24.0 Å². The number of guanidine groups is 1. The van der Waals surface area contributed by atoms with Crippen molar-refractivity contribution in [2.75, 3.05) is 25.0 Å². The molecule has 1 aliphatic carbocycles. The fourth-order valence-electron chi connectivity index (χ4n) is 3.82. The van der Waals surface area contributed by atoms with E-state index in [0.717, 1.165) is 36.7 Å². The maximum atomic E-state index is 11.8. The van der Waals surface area contributed by atoms with E-state index in [0.29, 0.717) is 6.54 Å². The van der Waals surface area contributed by atoms with Crippen molar-refractivity contribution in [1.29, 1.82) is 0 Å². The standard InChI is InChI=1S/C23H38N4O2.HI/c1-4-24-22(26-17-23(14-15-28)12-6-5-7-13-23)25-16-19-8-10-20(11-9-19)27-21(29)18(2)3;/h8-11,18,28H,4-7,12-17H2,1-3H3,(H,27,29)(H2,24,25,26);1H. The molecule has 1 saturated carbocycles. The first kappa shape index (κ1) is 26.7. The highest BCUT2D eigenvalue weighted by Crippen LogP contribution is 2.38. The van der Waals surface area contributed by atoms with Crippen LogP contribution in [0.5, 0.6) is 0 Å². The predicted molar refractivity (Wildman–Crippen MR) is 135 cm³/mol. The van der Waals surface area contributed by atoms with Crippen molar-refractivity contribution < 1.29 is 9.90 Å². The summed E-state index contributed by atoms with van der Waals surface area (Å²) in [7, 11) is 0. The molecule has 0 heterocycles. The summed E-state index contributed by atoms with van der Waals surface area (Å²) in [5, 5.41) is 19.2. The summed E-state index contributed by atoms with van der Waals surface area (Å²) < 4.78 is 0. The average Bonchev–Trinajstić information content (AvgIpc) is 2.72. The van der Waals surface area contributed by atoms with E-state index in [9.17, 15) is 9.90 Å². The number of benzene rings is 1. The van der Waals surface area contributed by atoms with Crippen LogP contribution in [0.2, 0.25) is 0 Å². The van der Waals surface area contributed by atoms with Gasteiger partial charge in [-0.3, -0.25) is 4.79 Å². The van der Waals surface area contributed by atoms with Crippen LogP contribution < -0.4 is 16.0 Å². The van der Waals surface area contributed by atoms with Gasteiger partial charge in [0.15, 0.2) is 5.96 Å². The predicted octanol–water partition coefficient (Wildman–Crippen LogP) is 4.29. The van der Waals surface area contributed by atoms with Crippen molar-refractivity contribution in [3.63, 3.8) is 0 Å². The van der Waals surface area contributed by atoms with Crippen LogP contribution in [0.4, 0.5) is 5.69 Å². The molecule has 0 aromatic heterocycles. The molecular weight excluding hydrogens is 491 g/mol. The van der Waals surface area contributed by atoms with Crippen molar-refractivity contribution in [3.05, 3.63) is 29.8 Å². The molecule has 2 rings (SSSR count). The van der Waals surface area contributed by atoms with Gasteiger partial charge in [0.25, 0.3) is 0 Å². The smallest absolute Gasteiger partial charge is 0.226 e. The second kappa shape index (κ2) is 13.9. The highest BCUT2D eigenvalue weighted by atomic mass is 127. The first-order valence-electron chi connectivity index (χ1n) is 11.0. The molecule has 1 aromatic carbocycles. The number of carbonyl (C=O) groups is 1. The fraction of sp³-hybridized carbons (Fsp3) is 0.652. The molecule has 1 amide bonds. The Bertz CT molecular complexity index is 650. The van der Waals surface area contributed by atoms with Crippen molar-refractivity contribution in [1.82, 2.24) is 10.6 Å². The number of rotatable bonds is 9. The van der Waals surface area contributed by atoms with Crippen LogP contribution in [0.1, 0.15) is 64.9 Å². The van der Waals surface area contributed by atoms with E-state index in [1.807, 2.05) is 38.1 Å². The Labute approximate surface area is 198 Å². The SMILES string of the molecule is CCNC(=NCc1ccc(NC(=O)C(C)C)cc1)NCC1(CCO)CCCCC1.I. The minimum Gasteiger partial charge on any atom is -0.396 e. The average molecular weight is 530 g/mol. The number of anilines is 1. The molecule has 0 spiro atoms. The topological polar surface area (TPSA) is 85.8 Å². The second-order valence-corrected chi connectivity index (χ2v) is 8.42. The van der Waals surface area contributed by atoms with Crippen LogP contribution in [-0.4, -0.2) is 36.7 Å². The van der Waals surface area contributed by atoms with Crippen molar-refractivity contribution >= 4 is 41.5 Å². The van der Waals surface area contributed by atoms with Crippen molar-refractivity contribution in [2.24, 2.45) is 16.3 Å². The molecule has 0 unspecified atom stereocenters. The van der Waals surface area contributed by atoms with Crippen LogP contribution in [-0.2, 0) is 11.3 Å². The van der Waals surface area contributed by atoms with Gasteiger partial charge in [-0.05, 0) is 49.3 Å². The summed E-state index contributed by atoms with van der Waals surface area (Å²) in [5.41, 5.74) is 2.08. The quantitative estimate of drug-likeness (QED) is 0.218. The molecule has 0 saturated heterocycles. The van der Waals surface area contributed by atoms with Crippen LogP contribution in [0, 0.1) is 11.3 Å². The monoisotopic (exact) mass is 530 g/mol. The molecule has 1 aromatic rings. The molecule has 0 atom stereocenters. The Hall–Kier alpha value is -1.35. The summed E-state index contributed by atoms with van der Waals surface area (Å²) in [5.74, 6) is 0.799. The van der Waals surface area contributed by atoms with Gasteiger partial charge < -0.3 is 21.1 Å². The highest BCUT2D eigenvalue weighted by molar-refractivity contribution is 14.0. The summed E-state index contributed by atoms with van der Waals surface area (Å²) in [6.45, 7) is 8.29. The molecule has 170 valence electrons. The van der Waals surface area contributed by atoms with Gasteiger partial charge in [0, 0.05) is 31.3 Å². The zero-order valence-electron chi connectivity index (χ0n) is 18.7. The third-order valence-electron chi connectivity index (χ3n) is 5.70. The third-order valence-corrected chi connectivity index (χ3v) is 5.70. The van der Waals surface area contributed by atoms with Crippen LogP contribution in [0.25, 0.3) is 0 Å². The number of hydrogen-bond acceptors (Lipinski definition) is 3. The first-order valence-corrected chi connectivity index (χ1v) is 11.0. The van der Waals surface area contributed by atoms with Gasteiger partial charge in [0.2, 0.25) is 5.91 Å². The molecule has 0 radical (unpaired) electrons. The second-order valence-electron chi connectivity index (χ2n) is 8.42. The molecule has 30 heavy (non-hydrogen) atoms. The molecular formula is C23H39IN4O2. The van der Waals surface area contributed by atoms with E-state index >= 15 is 0 Å². The lowest BCUT2D eigenvalue weighted by Gasteiger charge is -2.37. The summed E-state index contributed by atoms with van der Waals surface area (Å²) >= 11 is 0. The van der Waals surface area contributed by atoms with E-state index in [1.165, 1.54) is 32.1 Å². The number of carbonyl (C=O) groups excluding carboxylic acids is 1. The van der Waals surface area contributed by atoms with Crippen LogP contribution >= 0.6 is 24.0 Å². The molecule has 4 N–H and O–H groups in total. The van der Waals surface area contributed by atoms with Gasteiger partial charge in [-0.1, -0.05) is 45.2 Å². The van der Waals surface area contributed by atoms with Gasteiger partial charge in [0.05, 0.1) is 6.54 Å². The molecule has 7 heteroatoms. The number of aliphatic imine (C=N–C) groups is 1. The van der Waals surface area contributed by atoms with E-state index in [-0.39, 0.29) is 47.8 Å². The number of aliphatic hydroxyl groups is 1. The zero-order valence-corrected chi connectivity index (χ0v) is 21.0. The number of aliphatic hydroxyl groups excluding tert-OH is 1. The van der Waals surface area contributed by atoms with Gasteiger partial charge in [-0.25, -0.2) is 4.99 Å². The lowest BCUT2D eigenvalue weighted by atomic mass is 9.72. The largest absolute Gasteiger partial charge is 0.396 e. The Balaban J connectivity index is 0.00000450. The Morgan fingerprint density at radius 3 is 2.37 bits per heavy atom. The minimum absolute atomic E-state index is 0. The molecule has 1 aliphatic rings. The zero-order chi connectivity index (χ0) is 21.1. The van der Waals surface area contributed by atoms with Crippen LogP contribution in [0.3, 0.4) is 0 Å². The summed E-state index contributed by atoms with van der Waals surface area (Å²) in [4.78, 5) is 16.5. The van der Waals surface area contributed by atoms with Gasteiger partial charge in [0.1, 0.15) is 0 Å². The van der Waals surface area contributed by atoms with Crippen molar-refractivity contribution in [2.45, 2.75) is 65.8 Å². The van der Waals surface area contributed by atoms with E-state index < -0.39 is 0 Å². The third kappa shape index (κ3) is 8.79. The first-order chi connectivity index (χ1) is 14.0. The number of hydrogen-bond donors (Lipinski definition) is 4. The lowest BCUT2D eigenvalue weighted by molar-refractivity contribution is -0.118. The number of halogens is 1. The van der Waals surface area contributed by atoms with Crippen LogP contribution in [0.15, 0.2) is 29.3 Å². The Morgan fingerprint density at radius 1 is 1.13 bits per heavy atom. The maximum Gasteiger partial charge on any atom is 0.226 e. The Kier molecular flexibility index (Phi) is 12.3. The van der Waals surface area contributed by atoms with E-state index in [1.54, 1.807) is 0 Å². The lowest BCUT2D eigenvalue weighted by Crippen LogP contribution is -2.44. The molecule has 1 fully saturated rings. The summed E-state index contributed by atoms with van der Waals surface area (Å²) in [6.07, 6.45) is 6.98. The van der Waals surface area contributed by atoms with Gasteiger partial charge >= 0.3 is 0 Å². The normalized spacial score (nSPS) is 16.0.